The number of nitrogens with two attached hydrogens (primary N) is 2. The van der Waals surface area contributed by atoms with Gasteiger partial charge in [0.05, 0.1) is 0 Å². The molecule has 0 aliphatic heterocycles. The van der Waals surface area contributed by atoms with E-state index >= 15 is 0 Å². The van der Waals surface area contributed by atoms with Crippen LogP contribution in [0.4, 0.5) is 0 Å². The minimum absolute atomic E-state index is 1.28. The SMILES string of the molecule is C=C.C=C.C=C.NN.c1ccc(-c2ccccc2)cc1. The summed E-state index contributed by atoms with van der Waals surface area (Å²) in [5.41, 5.74) is 2.55. The summed E-state index contributed by atoms with van der Waals surface area (Å²) in [7, 11) is 0. The summed E-state index contributed by atoms with van der Waals surface area (Å²) in [5.74, 6) is 8.00. The Kier molecular flexibility index (Phi) is 24.8. The van der Waals surface area contributed by atoms with E-state index in [1.54, 1.807) is 0 Å². The summed E-state index contributed by atoms with van der Waals surface area (Å²) in [6.45, 7) is 18.0. The van der Waals surface area contributed by atoms with E-state index in [0.29, 0.717) is 0 Å². The molecule has 0 spiro atoms. The van der Waals surface area contributed by atoms with Crippen LogP contribution in [0.2, 0.25) is 0 Å². The number of hydrogen-bond acceptors (Lipinski definition) is 2. The molecule has 0 aliphatic carbocycles. The highest BCUT2D eigenvalue weighted by Crippen LogP contribution is 2.17. The fraction of sp³-hybridized carbons (Fsp3) is 0. The second-order valence-electron chi connectivity index (χ2n) is 2.73. The van der Waals surface area contributed by atoms with Gasteiger partial charge >= 0.3 is 0 Å². The molecule has 0 heterocycles. The molecular weight excluding hydrogens is 244 g/mol. The molecule has 2 rings (SSSR count). The van der Waals surface area contributed by atoms with Crippen LogP contribution in [0.25, 0.3) is 11.1 Å². The summed E-state index contributed by atoms with van der Waals surface area (Å²) < 4.78 is 0. The van der Waals surface area contributed by atoms with Crippen LogP contribution in [0, 0.1) is 0 Å². The Balaban J connectivity index is -0.000000314. The maximum atomic E-state index is 4.00. The van der Waals surface area contributed by atoms with E-state index in [4.69, 9.17) is 0 Å². The molecule has 2 heteroatoms. The number of hydrogen-bond donors (Lipinski definition) is 2. The molecule has 0 unspecified atom stereocenters. The minimum atomic E-state index is 1.28. The molecule has 0 bridgehead atoms. The lowest BCUT2D eigenvalue weighted by atomic mass is 10.1. The standard InChI is InChI=1S/C12H10.3C2H4.H4N2/c1-3-7-11(8-4-1)12-9-5-2-6-10-12;4*1-2/h1-10H;4*1-2H2. The molecule has 0 aromatic heterocycles. The number of rotatable bonds is 1. The topological polar surface area (TPSA) is 52.0 Å². The van der Waals surface area contributed by atoms with Crippen molar-refractivity contribution in [1.29, 1.82) is 0 Å². The third-order valence-corrected chi connectivity index (χ3v) is 1.88. The van der Waals surface area contributed by atoms with Crippen molar-refractivity contribution < 1.29 is 0 Å². The van der Waals surface area contributed by atoms with E-state index in [0.717, 1.165) is 0 Å². The van der Waals surface area contributed by atoms with Gasteiger partial charge in [-0.2, -0.15) is 0 Å². The molecule has 0 atom stereocenters. The van der Waals surface area contributed by atoms with E-state index in [1.807, 2.05) is 12.1 Å². The van der Waals surface area contributed by atoms with Crippen LogP contribution in [0.15, 0.2) is 100 Å². The van der Waals surface area contributed by atoms with Crippen molar-refractivity contribution in [3.8, 4) is 11.1 Å². The highest BCUT2D eigenvalue weighted by molar-refractivity contribution is 5.62. The van der Waals surface area contributed by atoms with Crippen LogP contribution in [0.3, 0.4) is 0 Å². The predicted molar refractivity (Wildman–Crippen MR) is 94.0 cm³/mol. The van der Waals surface area contributed by atoms with Gasteiger partial charge in [-0.05, 0) is 11.1 Å². The minimum Gasteiger partial charge on any atom is -0.274 e. The second kappa shape index (κ2) is 21.8. The van der Waals surface area contributed by atoms with Gasteiger partial charge in [0.25, 0.3) is 0 Å². The largest absolute Gasteiger partial charge is 0.274 e. The third kappa shape index (κ3) is 10.7. The van der Waals surface area contributed by atoms with Gasteiger partial charge in [-0.15, -0.1) is 39.5 Å². The molecular formula is C18H26N2. The zero-order chi connectivity index (χ0) is 16.2. The molecule has 108 valence electrons. The summed E-state index contributed by atoms with van der Waals surface area (Å²) in [6, 6.07) is 20.8. The van der Waals surface area contributed by atoms with Crippen LogP contribution in [-0.4, -0.2) is 0 Å². The first-order valence-electron chi connectivity index (χ1n) is 5.90. The van der Waals surface area contributed by atoms with Crippen molar-refractivity contribution in [2.75, 3.05) is 0 Å². The van der Waals surface area contributed by atoms with Crippen molar-refractivity contribution in [3.63, 3.8) is 0 Å². The van der Waals surface area contributed by atoms with Crippen molar-refractivity contribution in [2.24, 2.45) is 11.7 Å². The average molecular weight is 270 g/mol. The van der Waals surface area contributed by atoms with Crippen molar-refractivity contribution in [3.05, 3.63) is 100 Å². The second-order valence-corrected chi connectivity index (χ2v) is 2.73. The van der Waals surface area contributed by atoms with E-state index in [2.05, 4.69) is 99.7 Å². The normalized spacial score (nSPS) is 6.70. The maximum absolute atomic E-state index is 4.00. The summed E-state index contributed by atoms with van der Waals surface area (Å²) in [4.78, 5) is 0. The summed E-state index contributed by atoms with van der Waals surface area (Å²) in [5, 5.41) is 0. The molecule has 4 N–H and O–H groups in total. The fourth-order valence-electron chi connectivity index (χ4n) is 1.26. The smallest absolute Gasteiger partial charge is 0.0184 e. The monoisotopic (exact) mass is 270 g/mol. The number of benzene rings is 2. The molecule has 0 aliphatic rings. The van der Waals surface area contributed by atoms with E-state index in [1.165, 1.54) is 11.1 Å². The van der Waals surface area contributed by atoms with Gasteiger partial charge in [-0.1, -0.05) is 60.7 Å². The lowest BCUT2D eigenvalue weighted by Crippen LogP contribution is -2.02. The number of hydrazine groups is 1. The van der Waals surface area contributed by atoms with Gasteiger partial charge in [-0.25, -0.2) is 0 Å². The average Bonchev–Trinajstić information content (AvgIpc) is 2.63. The van der Waals surface area contributed by atoms with Crippen LogP contribution >= 0.6 is 0 Å². The Hall–Kier alpha value is -2.42. The van der Waals surface area contributed by atoms with Crippen LogP contribution in [-0.2, 0) is 0 Å². The Morgan fingerprint density at radius 3 is 0.850 bits per heavy atom. The fourth-order valence-corrected chi connectivity index (χ4v) is 1.26. The molecule has 2 aromatic rings. The first-order chi connectivity index (χ1) is 9.97. The third-order valence-electron chi connectivity index (χ3n) is 1.88. The molecule has 0 saturated carbocycles. The van der Waals surface area contributed by atoms with Crippen molar-refractivity contribution >= 4 is 0 Å². The molecule has 2 nitrogen and oxygen atoms in total. The van der Waals surface area contributed by atoms with Crippen LogP contribution in [0.1, 0.15) is 0 Å². The van der Waals surface area contributed by atoms with Gasteiger partial charge in [0.2, 0.25) is 0 Å². The predicted octanol–water partition coefficient (Wildman–Crippen LogP) is 4.58. The lowest BCUT2D eigenvalue weighted by Gasteiger charge is -1.98. The Morgan fingerprint density at radius 2 is 0.650 bits per heavy atom. The van der Waals surface area contributed by atoms with Crippen molar-refractivity contribution in [1.82, 2.24) is 0 Å². The summed E-state index contributed by atoms with van der Waals surface area (Å²) >= 11 is 0. The van der Waals surface area contributed by atoms with Gasteiger partial charge in [0, 0.05) is 0 Å². The van der Waals surface area contributed by atoms with Gasteiger partial charge in [0.15, 0.2) is 0 Å². The van der Waals surface area contributed by atoms with E-state index < -0.39 is 0 Å². The molecule has 0 radical (unpaired) electrons. The van der Waals surface area contributed by atoms with E-state index in [9.17, 15) is 0 Å². The molecule has 0 saturated heterocycles. The maximum Gasteiger partial charge on any atom is -0.0184 e. The molecule has 0 fully saturated rings. The quantitative estimate of drug-likeness (QED) is 0.453. The van der Waals surface area contributed by atoms with E-state index in [-0.39, 0.29) is 0 Å². The first kappa shape index (κ1) is 22.7. The summed E-state index contributed by atoms with van der Waals surface area (Å²) in [6.07, 6.45) is 0. The Bertz CT molecular complexity index is 342. The lowest BCUT2D eigenvalue weighted by molar-refractivity contribution is 1.26. The zero-order valence-corrected chi connectivity index (χ0v) is 12.2. The highest BCUT2D eigenvalue weighted by atomic mass is 15.0. The van der Waals surface area contributed by atoms with Crippen LogP contribution < -0.4 is 11.7 Å². The Labute approximate surface area is 123 Å². The molecule has 20 heavy (non-hydrogen) atoms. The molecule has 2 aromatic carbocycles. The molecule has 0 amide bonds. The van der Waals surface area contributed by atoms with Gasteiger partial charge < -0.3 is 0 Å². The van der Waals surface area contributed by atoms with Gasteiger partial charge in [-0.3, -0.25) is 11.7 Å². The van der Waals surface area contributed by atoms with Crippen LogP contribution in [0.5, 0.6) is 0 Å². The first-order valence-corrected chi connectivity index (χ1v) is 5.90. The Morgan fingerprint density at radius 1 is 0.450 bits per heavy atom. The zero-order valence-electron chi connectivity index (χ0n) is 12.2. The highest BCUT2D eigenvalue weighted by Gasteiger charge is 1.91. The van der Waals surface area contributed by atoms with Gasteiger partial charge in [0.1, 0.15) is 0 Å². The van der Waals surface area contributed by atoms with Crippen molar-refractivity contribution in [2.45, 2.75) is 0 Å².